The summed E-state index contributed by atoms with van der Waals surface area (Å²) in [5, 5.41) is 0. The number of ether oxygens (including phenoxy) is 1. The van der Waals surface area contributed by atoms with Crippen molar-refractivity contribution in [3.8, 4) is 5.75 Å². The van der Waals surface area contributed by atoms with E-state index in [4.69, 9.17) is 10.5 Å². The van der Waals surface area contributed by atoms with Gasteiger partial charge in [0.05, 0.1) is 12.9 Å². The molecule has 6 nitrogen and oxygen atoms in total. The van der Waals surface area contributed by atoms with Gasteiger partial charge in [-0.05, 0) is 47.2 Å². The molecule has 2 N–H and O–H groups in total. The molecule has 1 aromatic carbocycles. The molecule has 0 aliphatic heterocycles. The van der Waals surface area contributed by atoms with Crippen molar-refractivity contribution < 1.29 is 4.74 Å². The van der Waals surface area contributed by atoms with Gasteiger partial charge in [-0.1, -0.05) is 6.07 Å². The third-order valence-corrected chi connectivity index (χ3v) is 3.71. The number of aryl methyl sites for hydroxylation is 1. The number of fused-ring (bicyclic) bond motifs is 1. The first-order chi connectivity index (χ1) is 10.2. The molecule has 0 aliphatic rings. The van der Waals surface area contributed by atoms with Crippen molar-refractivity contribution in [1.82, 2.24) is 19.5 Å². The zero-order valence-corrected chi connectivity index (χ0v) is 13.4. The van der Waals surface area contributed by atoms with Gasteiger partial charge in [0.1, 0.15) is 17.6 Å². The summed E-state index contributed by atoms with van der Waals surface area (Å²) in [6, 6.07) is 8.00. The molecule has 108 valence electrons. The first kappa shape index (κ1) is 14.1. The van der Waals surface area contributed by atoms with Gasteiger partial charge < -0.3 is 15.0 Å². The lowest BCUT2D eigenvalue weighted by Gasteiger charge is -2.07. The van der Waals surface area contributed by atoms with E-state index in [0.717, 1.165) is 27.9 Å². The molecule has 0 unspecified atom stereocenters. The average molecular weight is 395 g/mol. The topological polar surface area (TPSA) is 78.9 Å². The Kier molecular flexibility index (Phi) is 4.18. The lowest BCUT2D eigenvalue weighted by atomic mass is 10.3. The molecule has 21 heavy (non-hydrogen) atoms. The molecule has 0 saturated heterocycles. The van der Waals surface area contributed by atoms with Crippen molar-refractivity contribution >= 4 is 39.6 Å². The summed E-state index contributed by atoms with van der Waals surface area (Å²) < 4.78 is 8.85. The predicted molar refractivity (Wildman–Crippen MR) is 89.0 cm³/mol. The van der Waals surface area contributed by atoms with Crippen LogP contribution in [0, 0.1) is 3.57 Å². The van der Waals surface area contributed by atoms with Crippen LogP contribution >= 0.6 is 22.6 Å². The van der Waals surface area contributed by atoms with Crippen molar-refractivity contribution in [2.45, 2.75) is 13.0 Å². The largest absolute Gasteiger partial charge is 0.493 e. The number of halogens is 1. The molecule has 3 aromatic rings. The van der Waals surface area contributed by atoms with Crippen LogP contribution in [-0.4, -0.2) is 26.1 Å². The Morgan fingerprint density at radius 1 is 1.24 bits per heavy atom. The summed E-state index contributed by atoms with van der Waals surface area (Å²) in [5.41, 5.74) is 7.17. The Labute approximate surface area is 135 Å². The first-order valence-electron chi connectivity index (χ1n) is 6.54. The zero-order chi connectivity index (χ0) is 14.7. The number of anilines is 1. The smallest absolute Gasteiger partial charge is 0.165 e. The van der Waals surface area contributed by atoms with Crippen molar-refractivity contribution in [1.29, 1.82) is 0 Å². The van der Waals surface area contributed by atoms with Gasteiger partial charge in [0.25, 0.3) is 0 Å². The number of nitrogens with zero attached hydrogens (tertiary/aromatic N) is 4. The molecule has 0 atom stereocenters. The minimum atomic E-state index is 0.411. The highest BCUT2D eigenvalue weighted by atomic mass is 127. The summed E-state index contributed by atoms with van der Waals surface area (Å²) >= 11 is 2.27. The molecule has 0 bridgehead atoms. The van der Waals surface area contributed by atoms with E-state index in [-0.39, 0.29) is 0 Å². The molecule has 2 aromatic heterocycles. The molecule has 0 radical (unpaired) electrons. The number of nitrogens with two attached hydrogens (primary N) is 1. The Morgan fingerprint density at radius 2 is 2.14 bits per heavy atom. The molecule has 0 saturated carbocycles. The third kappa shape index (κ3) is 3.23. The number of nitrogen functional groups attached to an aromatic ring is 1. The molecular formula is C14H14IN5O. The summed E-state index contributed by atoms with van der Waals surface area (Å²) in [4.78, 5) is 12.4. The maximum absolute atomic E-state index is 5.76. The van der Waals surface area contributed by atoms with Crippen LogP contribution in [0.25, 0.3) is 11.2 Å². The molecule has 3 rings (SSSR count). The highest BCUT2D eigenvalue weighted by molar-refractivity contribution is 14.1. The van der Waals surface area contributed by atoms with E-state index in [9.17, 15) is 0 Å². The van der Waals surface area contributed by atoms with E-state index in [0.29, 0.717) is 17.9 Å². The molecule has 0 amide bonds. The van der Waals surface area contributed by atoms with Crippen molar-refractivity contribution in [2.75, 3.05) is 12.3 Å². The van der Waals surface area contributed by atoms with Gasteiger partial charge in [-0.15, -0.1) is 0 Å². The monoisotopic (exact) mass is 395 g/mol. The van der Waals surface area contributed by atoms with Gasteiger partial charge in [-0.25, -0.2) is 15.0 Å². The first-order valence-corrected chi connectivity index (χ1v) is 7.61. The van der Waals surface area contributed by atoms with Gasteiger partial charge in [-0.2, -0.15) is 0 Å². The Morgan fingerprint density at radius 3 is 3.00 bits per heavy atom. The predicted octanol–water partition coefficient (Wildman–Crippen LogP) is 2.48. The lowest BCUT2D eigenvalue weighted by molar-refractivity contribution is 0.302. The van der Waals surface area contributed by atoms with Gasteiger partial charge in [-0.3, -0.25) is 0 Å². The Bertz CT molecular complexity index is 758. The number of benzene rings is 1. The molecule has 0 fully saturated rings. The number of aromatic nitrogens is 4. The number of imidazole rings is 1. The zero-order valence-electron chi connectivity index (χ0n) is 11.2. The second-order valence-electron chi connectivity index (χ2n) is 4.53. The van der Waals surface area contributed by atoms with Gasteiger partial charge in [0.2, 0.25) is 0 Å². The fraction of sp³-hybridized carbons (Fsp3) is 0.214. The molecule has 0 aliphatic carbocycles. The van der Waals surface area contributed by atoms with E-state index in [1.54, 1.807) is 6.33 Å². The average Bonchev–Trinajstić information content (AvgIpc) is 2.88. The quantitative estimate of drug-likeness (QED) is 0.531. The minimum absolute atomic E-state index is 0.411. The molecule has 7 heteroatoms. The van der Waals surface area contributed by atoms with E-state index in [2.05, 4.69) is 37.5 Å². The Hall–Kier alpha value is -1.90. The van der Waals surface area contributed by atoms with Crippen LogP contribution in [0.15, 0.2) is 36.9 Å². The highest BCUT2D eigenvalue weighted by Gasteiger charge is 2.07. The molecule has 0 spiro atoms. The highest BCUT2D eigenvalue weighted by Crippen LogP contribution is 2.16. The second-order valence-corrected chi connectivity index (χ2v) is 5.77. The van der Waals surface area contributed by atoms with Crippen molar-refractivity contribution in [2.24, 2.45) is 0 Å². The summed E-state index contributed by atoms with van der Waals surface area (Å²) in [5.74, 6) is 1.30. The van der Waals surface area contributed by atoms with Crippen LogP contribution < -0.4 is 10.5 Å². The minimum Gasteiger partial charge on any atom is -0.493 e. The number of rotatable bonds is 5. The second kappa shape index (κ2) is 6.25. The summed E-state index contributed by atoms with van der Waals surface area (Å²) in [6.45, 7) is 1.41. The maximum Gasteiger partial charge on any atom is 0.165 e. The normalized spacial score (nSPS) is 10.9. The number of hydrogen-bond acceptors (Lipinski definition) is 5. The van der Waals surface area contributed by atoms with Crippen LogP contribution in [0.5, 0.6) is 5.75 Å². The van der Waals surface area contributed by atoms with E-state index in [1.807, 2.05) is 28.8 Å². The fourth-order valence-electron chi connectivity index (χ4n) is 2.04. The van der Waals surface area contributed by atoms with Gasteiger partial charge in [0, 0.05) is 10.1 Å². The van der Waals surface area contributed by atoms with Gasteiger partial charge in [0.15, 0.2) is 11.5 Å². The molecule has 2 heterocycles. The summed E-state index contributed by atoms with van der Waals surface area (Å²) in [6.07, 6.45) is 4.06. The van der Waals surface area contributed by atoms with E-state index < -0.39 is 0 Å². The van der Waals surface area contributed by atoms with Crippen molar-refractivity contribution in [3.63, 3.8) is 0 Å². The third-order valence-electron chi connectivity index (χ3n) is 3.04. The standard InChI is InChI=1S/C14H14IN5O/c15-10-3-1-4-11(7-10)21-6-2-5-20-9-19-12-13(16)17-8-18-14(12)20/h1,3-4,7-9H,2,5-6H2,(H2,16,17,18). The van der Waals surface area contributed by atoms with E-state index >= 15 is 0 Å². The van der Waals surface area contributed by atoms with E-state index in [1.165, 1.54) is 6.33 Å². The molecular weight excluding hydrogens is 381 g/mol. The van der Waals surface area contributed by atoms with Crippen LogP contribution in [-0.2, 0) is 6.54 Å². The summed E-state index contributed by atoms with van der Waals surface area (Å²) in [7, 11) is 0. The van der Waals surface area contributed by atoms with Crippen LogP contribution in [0.4, 0.5) is 5.82 Å². The van der Waals surface area contributed by atoms with Gasteiger partial charge >= 0.3 is 0 Å². The van der Waals surface area contributed by atoms with Crippen LogP contribution in [0.3, 0.4) is 0 Å². The SMILES string of the molecule is Nc1ncnc2c1ncn2CCCOc1cccc(I)c1. The maximum atomic E-state index is 5.76. The van der Waals surface area contributed by atoms with Crippen molar-refractivity contribution in [3.05, 3.63) is 40.5 Å². The Balaban J connectivity index is 1.59. The van der Waals surface area contributed by atoms with Crippen LogP contribution in [0.2, 0.25) is 0 Å². The lowest BCUT2D eigenvalue weighted by Crippen LogP contribution is -2.04. The van der Waals surface area contributed by atoms with Crippen LogP contribution in [0.1, 0.15) is 6.42 Å². The fourth-order valence-corrected chi connectivity index (χ4v) is 2.56. The number of hydrogen-bond donors (Lipinski definition) is 1.